The van der Waals surface area contributed by atoms with E-state index in [4.69, 9.17) is 21.1 Å². The number of nitrogens with one attached hydrogen (secondary N) is 1. The van der Waals surface area contributed by atoms with Gasteiger partial charge in [0.2, 0.25) is 0 Å². The van der Waals surface area contributed by atoms with Crippen LogP contribution in [0.3, 0.4) is 0 Å². The van der Waals surface area contributed by atoms with E-state index in [1.54, 1.807) is 42.5 Å². The Morgan fingerprint density at radius 2 is 1.72 bits per heavy atom. The maximum absolute atomic E-state index is 13.3. The Morgan fingerprint density at radius 3 is 2.42 bits per heavy atom. The van der Waals surface area contributed by atoms with Gasteiger partial charge < -0.3 is 9.47 Å². The third-order valence-corrected chi connectivity index (χ3v) is 6.59. The van der Waals surface area contributed by atoms with Crippen molar-refractivity contribution in [2.24, 2.45) is 0 Å². The van der Waals surface area contributed by atoms with Gasteiger partial charge in [-0.2, -0.15) is 0 Å². The molecule has 184 valence electrons. The number of barbiturate groups is 1. The molecule has 0 atom stereocenters. The maximum Gasteiger partial charge on any atom is 0.335 e. The summed E-state index contributed by atoms with van der Waals surface area (Å²) in [5, 5.41) is 2.78. The van der Waals surface area contributed by atoms with Crippen molar-refractivity contribution < 1.29 is 23.9 Å². The van der Waals surface area contributed by atoms with E-state index in [0.29, 0.717) is 43.3 Å². The molecule has 3 aromatic rings. The monoisotopic (exact) mass is 632 g/mol. The minimum atomic E-state index is -0.836. The van der Waals surface area contributed by atoms with E-state index in [2.05, 4.69) is 37.2 Å². The lowest BCUT2D eigenvalue weighted by Crippen LogP contribution is -2.54. The van der Waals surface area contributed by atoms with Crippen LogP contribution in [0.2, 0.25) is 5.02 Å². The second-order valence-electron chi connectivity index (χ2n) is 7.57. The normalized spacial score (nSPS) is 14.7. The average molecular weight is 635 g/mol. The SMILES string of the molecule is CCOc1ccc(N2C(=O)NC(=O)/C(=C\c3cc(Br)cc(Br)c3OCc3ccccc3Cl)C2=O)cc1. The fraction of sp³-hybridized carbons (Fsp3) is 0.115. The molecule has 0 unspecified atom stereocenters. The van der Waals surface area contributed by atoms with Gasteiger partial charge in [0.1, 0.15) is 23.7 Å². The van der Waals surface area contributed by atoms with E-state index in [0.717, 1.165) is 10.5 Å². The van der Waals surface area contributed by atoms with Crippen LogP contribution >= 0.6 is 43.5 Å². The lowest BCUT2D eigenvalue weighted by molar-refractivity contribution is -0.122. The summed E-state index contributed by atoms with van der Waals surface area (Å²) >= 11 is 13.2. The summed E-state index contributed by atoms with van der Waals surface area (Å²) in [6.45, 7) is 2.49. The quantitative estimate of drug-likeness (QED) is 0.237. The number of amides is 4. The molecule has 1 N–H and O–H groups in total. The zero-order chi connectivity index (χ0) is 25.8. The molecule has 1 heterocycles. The van der Waals surface area contributed by atoms with E-state index in [9.17, 15) is 14.4 Å². The number of anilines is 1. The second kappa shape index (κ2) is 11.3. The second-order valence-corrected chi connectivity index (χ2v) is 9.75. The first-order valence-electron chi connectivity index (χ1n) is 10.8. The molecule has 0 bridgehead atoms. The summed E-state index contributed by atoms with van der Waals surface area (Å²) in [4.78, 5) is 39.5. The zero-order valence-electron chi connectivity index (χ0n) is 18.9. The summed E-state index contributed by atoms with van der Waals surface area (Å²) in [5.41, 5.74) is 1.29. The van der Waals surface area contributed by atoms with E-state index in [1.165, 1.54) is 6.08 Å². The molecule has 0 aliphatic carbocycles. The molecule has 7 nitrogen and oxygen atoms in total. The van der Waals surface area contributed by atoms with Gasteiger partial charge >= 0.3 is 6.03 Å². The van der Waals surface area contributed by atoms with Crippen molar-refractivity contribution in [1.29, 1.82) is 0 Å². The molecule has 36 heavy (non-hydrogen) atoms. The number of halogens is 3. The van der Waals surface area contributed by atoms with Crippen LogP contribution in [0, 0.1) is 0 Å². The van der Waals surface area contributed by atoms with Crippen molar-refractivity contribution in [3.05, 3.63) is 91.3 Å². The van der Waals surface area contributed by atoms with Crippen LogP contribution in [0.25, 0.3) is 6.08 Å². The molecular formula is C26H19Br2ClN2O5. The van der Waals surface area contributed by atoms with E-state index in [-0.39, 0.29) is 12.2 Å². The van der Waals surface area contributed by atoms with E-state index >= 15 is 0 Å². The number of hydrogen-bond acceptors (Lipinski definition) is 5. The Balaban J connectivity index is 1.69. The lowest BCUT2D eigenvalue weighted by atomic mass is 10.1. The fourth-order valence-electron chi connectivity index (χ4n) is 3.51. The summed E-state index contributed by atoms with van der Waals surface area (Å²) in [5.74, 6) is -0.575. The molecule has 0 spiro atoms. The van der Waals surface area contributed by atoms with Gasteiger partial charge in [-0.15, -0.1) is 0 Å². The molecule has 1 fully saturated rings. The highest BCUT2D eigenvalue weighted by atomic mass is 79.9. The van der Waals surface area contributed by atoms with Gasteiger partial charge in [0.05, 0.1) is 16.8 Å². The van der Waals surface area contributed by atoms with E-state index < -0.39 is 17.8 Å². The highest BCUT2D eigenvalue weighted by Gasteiger charge is 2.37. The molecule has 4 amide bonds. The molecule has 0 saturated carbocycles. The summed E-state index contributed by atoms with van der Waals surface area (Å²) < 4.78 is 12.7. The van der Waals surface area contributed by atoms with Crippen molar-refractivity contribution in [2.75, 3.05) is 11.5 Å². The topological polar surface area (TPSA) is 84.9 Å². The van der Waals surface area contributed by atoms with Crippen molar-refractivity contribution in [3.63, 3.8) is 0 Å². The van der Waals surface area contributed by atoms with Gasteiger partial charge in [0, 0.05) is 20.6 Å². The minimum Gasteiger partial charge on any atom is -0.494 e. The molecule has 3 aromatic carbocycles. The van der Waals surface area contributed by atoms with Gasteiger partial charge in [-0.05, 0) is 71.4 Å². The first-order chi connectivity index (χ1) is 17.3. The summed E-state index contributed by atoms with van der Waals surface area (Å²) in [7, 11) is 0. The first-order valence-corrected chi connectivity index (χ1v) is 12.7. The fourth-order valence-corrected chi connectivity index (χ4v) is 5.07. The van der Waals surface area contributed by atoms with Gasteiger partial charge in [0.25, 0.3) is 11.8 Å². The third-order valence-electron chi connectivity index (χ3n) is 5.17. The zero-order valence-corrected chi connectivity index (χ0v) is 22.8. The molecule has 10 heteroatoms. The molecule has 0 aromatic heterocycles. The molecule has 0 radical (unpaired) electrons. The Morgan fingerprint density at radius 1 is 1.00 bits per heavy atom. The Kier molecular flexibility index (Phi) is 8.13. The Bertz CT molecular complexity index is 1380. The van der Waals surface area contributed by atoms with Crippen LogP contribution in [0.5, 0.6) is 11.5 Å². The predicted octanol–water partition coefficient (Wildman–Crippen LogP) is 6.51. The number of urea groups is 1. The molecule has 4 rings (SSSR count). The largest absolute Gasteiger partial charge is 0.494 e. The van der Waals surface area contributed by atoms with Gasteiger partial charge in [-0.25, -0.2) is 9.69 Å². The van der Waals surface area contributed by atoms with Crippen LogP contribution in [0.4, 0.5) is 10.5 Å². The highest BCUT2D eigenvalue weighted by Crippen LogP contribution is 2.36. The van der Waals surface area contributed by atoms with Crippen molar-refractivity contribution in [2.45, 2.75) is 13.5 Å². The average Bonchev–Trinajstić information content (AvgIpc) is 2.83. The van der Waals surface area contributed by atoms with Gasteiger partial charge in [-0.3, -0.25) is 14.9 Å². The van der Waals surface area contributed by atoms with Crippen LogP contribution < -0.4 is 19.7 Å². The standard InChI is InChI=1S/C26H19Br2ClN2O5/c1-2-35-19-9-7-18(8-10-19)31-25(33)20(24(32)30-26(31)34)12-16-11-17(27)13-21(28)23(16)36-14-15-5-3-4-6-22(15)29/h3-13H,2,14H2,1H3,(H,30,32,34)/b20-12+. The molecule has 1 aliphatic heterocycles. The molecule has 1 aliphatic rings. The predicted molar refractivity (Wildman–Crippen MR) is 144 cm³/mol. The molecule has 1 saturated heterocycles. The van der Waals surface area contributed by atoms with Crippen molar-refractivity contribution in [1.82, 2.24) is 5.32 Å². The molecular weight excluding hydrogens is 616 g/mol. The highest BCUT2D eigenvalue weighted by molar-refractivity contribution is 9.11. The minimum absolute atomic E-state index is 0.160. The number of rotatable bonds is 7. The Hall–Kier alpha value is -3.14. The van der Waals surface area contributed by atoms with Crippen LogP contribution in [0.15, 0.2) is 75.2 Å². The van der Waals surface area contributed by atoms with Crippen LogP contribution in [0.1, 0.15) is 18.1 Å². The number of imide groups is 2. The summed E-state index contributed by atoms with van der Waals surface area (Å²) in [6, 6.07) is 16.4. The smallest absolute Gasteiger partial charge is 0.335 e. The van der Waals surface area contributed by atoms with Gasteiger partial charge in [-0.1, -0.05) is 45.7 Å². The Labute approximate surface area is 229 Å². The number of carbonyl (C=O) groups excluding carboxylic acids is 3. The van der Waals surface area contributed by atoms with Crippen LogP contribution in [-0.2, 0) is 16.2 Å². The van der Waals surface area contributed by atoms with Crippen LogP contribution in [-0.4, -0.2) is 24.5 Å². The summed E-state index contributed by atoms with van der Waals surface area (Å²) in [6.07, 6.45) is 1.39. The number of hydrogen-bond donors (Lipinski definition) is 1. The first kappa shape index (κ1) is 25.9. The number of ether oxygens (including phenoxy) is 2. The maximum atomic E-state index is 13.3. The number of nitrogens with zero attached hydrogens (tertiary/aromatic N) is 1. The lowest BCUT2D eigenvalue weighted by Gasteiger charge is -2.26. The third kappa shape index (κ3) is 5.64. The van der Waals surface area contributed by atoms with Crippen molar-refractivity contribution >= 4 is 73.1 Å². The number of carbonyl (C=O) groups is 3. The number of benzene rings is 3. The van der Waals surface area contributed by atoms with E-state index in [1.807, 2.05) is 25.1 Å². The van der Waals surface area contributed by atoms with Crippen molar-refractivity contribution in [3.8, 4) is 11.5 Å². The van der Waals surface area contributed by atoms with Gasteiger partial charge in [0.15, 0.2) is 0 Å².